The van der Waals surface area contributed by atoms with Crippen molar-refractivity contribution in [3.8, 4) is 0 Å². The van der Waals surface area contributed by atoms with Crippen LogP contribution in [0.15, 0.2) is 48.7 Å². The lowest BCUT2D eigenvalue weighted by atomic mass is 9.95. The van der Waals surface area contributed by atoms with E-state index in [0.717, 1.165) is 30.6 Å². The Morgan fingerprint density at radius 3 is 2.82 bits per heavy atom. The Labute approximate surface area is 162 Å². The van der Waals surface area contributed by atoms with Gasteiger partial charge in [0.05, 0.1) is 11.0 Å². The number of nitrogen functional groups attached to an aromatic ring is 1. The van der Waals surface area contributed by atoms with E-state index >= 15 is 0 Å². The maximum atomic E-state index is 13.3. The third-order valence-electron chi connectivity index (χ3n) is 5.85. The molecule has 0 aliphatic carbocycles. The highest BCUT2D eigenvalue weighted by Gasteiger charge is 2.29. The van der Waals surface area contributed by atoms with Gasteiger partial charge in [0, 0.05) is 29.9 Å². The summed E-state index contributed by atoms with van der Waals surface area (Å²) in [6, 6.07) is 9.70. The molecule has 2 aliphatic heterocycles. The normalized spacial score (nSPS) is 19.6. The number of rotatable bonds is 2. The van der Waals surface area contributed by atoms with Crippen molar-refractivity contribution >= 4 is 28.3 Å². The molecule has 0 radical (unpaired) electrons. The first-order valence-corrected chi connectivity index (χ1v) is 9.61. The zero-order chi connectivity index (χ0) is 19.3. The highest BCUT2D eigenvalue weighted by Crippen LogP contribution is 2.36. The van der Waals surface area contributed by atoms with E-state index in [2.05, 4.69) is 16.0 Å². The lowest BCUT2D eigenvalue weighted by molar-refractivity contribution is 0.0965. The Kier molecular flexibility index (Phi) is 4.02. The number of anilines is 1. The summed E-state index contributed by atoms with van der Waals surface area (Å²) < 4.78 is 14.9. The first kappa shape index (κ1) is 17.1. The highest BCUT2D eigenvalue weighted by atomic mass is 19.1. The molecule has 3 aromatic rings. The molecule has 142 valence electrons. The lowest BCUT2D eigenvalue weighted by Gasteiger charge is -2.28. The minimum Gasteiger partial charge on any atom is -0.384 e. The molecule has 0 amide bonds. The third-order valence-corrected chi connectivity index (χ3v) is 5.85. The van der Waals surface area contributed by atoms with Crippen LogP contribution >= 0.6 is 0 Å². The fourth-order valence-electron chi connectivity index (χ4n) is 4.41. The predicted octanol–water partition coefficient (Wildman–Crippen LogP) is 3.70. The molecule has 4 heterocycles. The van der Waals surface area contributed by atoms with Gasteiger partial charge in [0.15, 0.2) is 0 Å². The molecule has 0 saturated carbocycles. The smallest absolute Gasteiger partial charge is 0.262 e. The molecule has 1 fully saturated rings. The first-order chi connectivity index (χ1) is 13.6. The molecule has 5 nitrogen and oxygen atoms in total. The Hall–Kier alpha value is -2.99. The highest BCUT2D eigenvalue weighted by molar-refractivity contribution is 6.04. The molecular formula is C22H21FN4O. The van der Waals surface area contributed by atoms with Gasteiger partial charge in [-0.05, 0) is 67.8 Å². The van der Waals surface area contributed by atoms with Crippen LogP contribution in [0.1, 0.15) is 35.2 Å². The number of pyridine rings is 1. The zero-order valence-corrected chi connectivity index (χ0v) is 15.4. The topological polar surface area (TPSA) is 64.2 Å². The van der Waals surface area contributed by atoms with Crippen LogP contribution < -0.4 is 5.73 Å². The summed E-state index contributed by atoms with van der Waals surface area (Å²) in [6.07, 6.45) is 7.51. The van der Waals surface area contributed by atoms with Crippen molar-refractivity contribution in [3.63, 3.8) is 0 Å². The molecule has 0 bridgehead atoms. The van der Waals surface area contributed by atoms with Crippen molar-refractivity contribution < 1.29 is 9.18 Å². The van der Waals surface area contributed by atoms with Crippen LogP contribution in [0.25, 0.3) is 16.6 Å². The van der Waals surface area contributed by atoms with Gasteiger partial charge in [-0.2, -0.15) is 0 Å². The summed E-state index contributed by atoms with van der Waals surface area (Å²) in [5.74, 6) is -0.140. The number of hydrogen-bond donors (Lipinski definition) is 1. The predicted molar refractivity (Wildman–Crippen MR) is 107 cm³/mol. The molecule has 5 rings (SSSR count). The van der Waals surface area contributed by atoms with Crippen molar-refractivity contribution in [2.24, 2.45) is 0 Å². The summed E-state index contributed by atoms with van der Waals surface area (Å²) in [7, 11) is 0. The summed E-state index contributed by atoms with van der Waals surface area (Å²) in [6.45, 7) is 2.09. The average molecular weight is 376 g/mol. The number of carbonyl (C=O) groups excluding carboxylic acids is 1. The number of halogens is 1. The SMILES string of the molecule is Nc1ccc2c(n1)c(C1=CCN3CCCC3C1)cn2C(=O)c1ccc(F)cc1. The maximum absolute atomic E-state index is 13.3. The summed E-state index contributed by atoms with van der Waals surface area (Å²) in [4.78, 5) is 20.1. The van der Waals surface area contributed by atoms with Gasteiger partial charge in [-0.3, -0.25) is 14.3 Å². The lowest BCUT2D eigenvalue weighted by Crippen LogP contribution is -2.32. The van der Waals surface area contributed by atoms with Crippen molar-refractivity contribution in [2.75, 3.05) is 18.8 Å². The average Bonchev–Trinajstić information content (AvgIpc) is 3.31. The van der Waals surface area contributed by atoms with E-state index in [9.17, 15) is 9.18 Å². The second-order valence-electron chi connectivity index (χ2n) is 7.55. The number of nitrogens with two attached hydrogens (primary N) is 1. The minimum atomic E-state index is -0.363. The quantitative estimate of drug-likeness (QED) is 0.741. The largest absolute Gasteiger partial charge is 0.384 e. The Morgan fingerprint density at radius 1 is 1.18 bits per heavy atom. The molecule has 28 heavy (non-hydrogen) atoms. The number of benzene rings is 1. The van der Waals surface area contributed by atoms with Crippen molar-refractivity contribution in [1.82, 2.24) is 14.5 Å². The van der Waals surface area contributed by atoms with Gasteiger partial charge in [0.2, 0.25) is 0 Å². The standard InChI is InChI=1S/C22H21FN4O/c23-16-5-3-14(4-6-16)22(28)27-13-18(21-19(27)7-8-20(24)25-21)15-9-11-26-10-1-2-17(26)12-15/h3-9,13,17H,1-2,10-12H2,(H2,24,25). The third kappa shape index (κ3) is 2.81. The Bertz CT molecular complexity index is 1100. The Morgan fingerprint density at radius 2 is 2.00 bits per heavy atom. The van der Waals surface area contributed by atoms with Crippen molar-refractivity contribution in [1.29, 1.82) is 0 Å². The molecule has 0 spiro atoms. The van der Waals surface area contributed by atoms with Crippen molar-refractivity contribution in [2.45, 2.75) is 25.3 Å². The van der Waals surface area contributed by atoms with Crippen molar-refractivity contribution in [3.05, 3.63) is 65.6 Å². The van der Waals surface area contributed by atoms with Gasteiger partial charge in [0.1, 0.15) is 11.6 Å². The van der Waals surface area contributed by atoms with E-state index in [1.807, 2.05) is 12.3 Å². The molecule has 2 aliphatic rings. The summed E-state index contributed by atoms with van der Waals surface area (Å²) in [5.41, 5.74) is 10.0. The molecule has 1 atom stereocenters. The van der Waals surface area contributed by atoms with E-state index in [1.54, 1.807) is 10.6 Å². The van der Waals surface area contributed by atoms with Crippen LogP contribution in [0.2, 0.25) is 0 Å². The molecule has 6 heteroatoms. The van der Waals surface area contributed by atoms with Gasteiger partial charge in [-0.25, -0.2) is 9.37 Å². The molecule has 1 aromatic carbocycles. The number of aromatic nitrogens is 2. The van der Waals surface area contributed by atoms with Crippen LogP contribution in [0.4, 0.5) is 10.2 Å². The number of hydrogen-bond acceptors (Lipinski definition) is 4. The van der Waals surface area contributed by atoms with Crippen LogP contribution in [0, 0.1) is 5.82 Å². The molecule has 1 unspecified atom stereocenters. The van der Waals surface area contributed by atoms with Gasteiger partial charge in [-0.1, -0.05) is 6.08 Å². The van der Waals surface area contributed by atoms with Gasteiger partial charge < -0.3 is 5.73 Å². The summed E-state index contributed by atoms with van der Waals surface area (Å²) in [5, 5.41) is 0. The zero-order valence-electron chi connectivity index (χ0n) is 15.4. The van der Waals surface area contributed by atoms with Gasteiger partial charge in [0.25, 0.3) is 5.91 Å². The second-order valence-corrected chi connectivity index (χ2v) is 7.55. The fraction of sp³-hybridized carbons (Fsp3) is 0.273. The second kappa shape index (κ2) is 6.56. The number of fused-ring (bicyclic) bond motifs is 2. The van der Waals surface area contributed by atoms with Gasteiger partial charge >= 0.3 is 0 Å². The van der Waals surface area contributed by atoms with Crippen LogP contribution in [0.5, 0.6) is 0 Å². The molecule has 1 saturated heterocycles. The molecule has 2 N–H and O–H groups in total. The maximum Gasteiger partial charge on any atom is 0.262 e. The van der Waals surface area contributed by atoms with E-state index in [0.29, 0.717) is 22.9 Å². The summed E-state index contributed by atoms with van der Waals surface area (Å²) >= 11 is 0. The van der Waals surface area contributed by atoms with Crippen LogP contribution in [-0.2, 0) is 0 Å². The minimum absolute atomic E-state index is 0.207. The monoisotopic (exact) mass is 376 g/mol. The number of nitrogens with zero attached hydrogens (tertiary/aromatic N) is 3. The van der Waals surface area contributed by atoms with E-state index in [-0.39, 0.29) is 11.7 Å². The van der Waals surface area contributed by atoms with E-state index in [1.165, 1.54) is 42.7 Å². The molecular weight excluding hydrogens is 355 g/mol. The molecule has 2 aromatic heterocycles. The van der Waals surface area contributed by atoms with Gasteiger partial charge in [-0.15, -0.1) is 0 Å². The van der Waals surface area contributed by atoms with Crippen LogP contribution in [-0.4, -0.2) is 39.5 Å². The number of carbonyl (C=O) groups is 1. The van der Waals surface area contributed by atoms with E-state index in [4.69, 9.17) is 5.73 Å². The first-order valence-electron chi connectivity index (χ1n) is 9.61. The fourth-order valence-corrected chi connectivity index (χ4v) is 4.41. The van der Waals surface area contributed by atoms with Crippen LogP contribution in [0.3, 0.4) is 0 Å². The Balaban J connectivity index is 1.61. The van der Waals surface area contributed by atoms with E-state index < -0.39 is 0 Å².